The standard InChI is InChI=1S/C20H20N4O/c1-24-13-16(10-15-4-2-3-5-19(15)24)20(25)23-18-8-6-14(7-9-18)17-11-21-22-12-17/h2-9,11-12,16H,10,13H2,1H3,(H,21,22)(H,23,25). The molecule has 1 aliphatic rings. The molecule has 5 nitrogen and oxygen atoms in total. The molecular formula is C20H20N4O. The van der Waals surface area contributed by atoms with Gasteiger partial charge in [-0.25, -0.2) is 0 Å². The van der Waals surface area contributed by atoms with Gasteiger partial charge in [-0.1, -0.05) is 30.3 Å². The first-order valence-corrected chi connectivity index (χ1v) is 8.40. The van der Waals surface area contributed by atoms with Gasteiger partial charge in [0.25, 0.3) is 0 Å². The maximum Gasteiger partial charge on any atom is 0.229 e. The molecule has 3 aromatic rings. The van der Waals surface area contributed by atoms with Gasteiger partial charge in [0, 0.05) is 36.7 Å². The molecule has 1 aliphatic heterocycles. The SMILES string of the molecule is CN1CC(C(=O)Nc2ccc(-c3cn[nH]c3)cc2)Cc2ccccc21. The van der Waals surface area contributed by atoms with Crippen LogP contribution in [-0.4, -0.2) is 29.7 Å². The average molecular weight is 332 g/mol. The Balaban J connectivity index is 1.46. The van der Waals surface area contributed by atoms with E-state index >= 15 is 0 Å². The highest BCUT2D eigenvalue weighted by atomic mass is 16.1. The lowest BCUT2D eigenvalue weighted by Gasteiger charge is -2.32. The van der Waals surface area contributed by atoms with Gasteiger partial charge < -0.3 is 10.2 Å². The number of rotatable bonds is 3. The topological polar surface area (TPSA) is 61.0 Å². The number of fused-ring (bicyclic) bond motifs is 1. The van der Waals surface area contributed by atoms with E-state index in [1.54, 1.807) is 6.20 Å². The summed E-state index contributed by atoms with van der Waals surface area (Å²) in [5, 5.41) is 9.81. The number of benzene rings is 2. The van der Waals surface area contributed by atoms with Crippen LogP contribution in [0.2, 0.25) is 0 Å². The number of nitrogens with one attached hydrogen (secondary N) is 2. The minimum atomic E-state index is -0.0477. The summed E-state index contributed by atoms with van der Waals surface area (Å²) in [5.41, 5.74) is 5.36. The van der Waals surface area contributed by atoms with Gasteiger partial charge >= 0.3 is 0 Å². The predicted octanol–water partition coefficient (Wildman–Crippen LogP) is 3.32. The Morgan fingerprint density at radius 2 is 1.96 bits per heavy atom. The predicted molar refractivity (Wildman–Crippen MR) is 99.6 cm³/mol. The van der Waals surface area contributed by atoms with E-state index in [1.165, 1.54) is 11.3 Å². The number of amides is 1. The van der Waals surface area contributed by atoms with Crippen LogP contribution in [0.25, 0.3) is 11.1 Å². The first kappa shape index (κ1) is 15.4. The summed E-state index contributed by atoms with van der Waals surface area (Å²) < 4.78 is 0. The summed E-state index contributed by atoms with van der Waals surface area (Å²) in [6.45, 7) is 0.732. The van der Waals surface area contributed by atoms with Gasteiger partial charge in [0.2, 0.25) is 5.91 Å². The van der Waals surface area contributed by atoms with Crippen molar-refractivity contribution < 1.29 is 4.79 Å². The number of aromatic amines is 1. The van der Waals surface area contributed by atoms with Gasteiger partial charge in [0.05, 0.1) is 12.1 Å². The monoisotopic (exact) mass is 332 g/mol. The van der Waals surface area contributed by atoms with Crippen LogP contribution in [0.5, 0.6) is 0 Å². The quantitative estimate of drug-likeness (QED) is 0.773. The van der Waals surface area contributed by atoms with E-state index < -0.39 is 0 Å². The van der Waals surface area contributed by atoms with E-state index in [9.17, 15) is 4.79 Å². The molecule has 0 saturated heterocycles. The second-order valence-corrected chi connectivity index (χ2v) is 6.46. The first-order chi connectivity index (χ1) is 12.2. The zero-order valence-electron chi connectivity index (χ0n) is 14.1. The molecule has 1 amide bonds. The molecule has 1 aromatic heterocycles. The normalized spacial score (nSPS) is 16.4. The van der Waals surface area contributed by atoms with Gasteiger partial charge in [-0.2, -0.15) is 5.10 Å². The minimum Gasteiger partial charge on any atom is -0.374 e. The highest BCUT2D eigenvalue weighted by Gasteiger charge is 2.27. The first-order valence-electron chi connectivity index (χ1n) is 8.40. The Labute approximate surface area is 146 Å². The van der Waals surface area contributed by atoms with Crippen LogP contribution in [0.1, 0.15) is 5.56 Å². The van der Waals surface area contributed by atoms with Crippen LogP contribution in [0.3, 0.4) is 0 Å². The number of para-hydroxylation sites is 1. The molecule has 0 fully saturated rings. The number of carbonyl (C=O) groups excluding carboxylic acids is 1. The van der Waals surface area contributed by atoms with Crippen molar-refractivity contribution in [1.82, 2.24) is 10.2 Å². The number of hydrogen-bond donors (Lipinski definition) is 2. The molecule has 0 radical (unpaired) electrons. The zero-order chi connectivity index (χ0) is 17.2. The summed E-state index contributed by atoms with van der Waals surface area (Å²) in [6.07, 6.45) is 4.41. The third kappa shape index (κ3) is 3.13. The van der Waals surface area contributed by atoms with Crippen molar-refractivity contribution in [1.29, 1.82) is 0 Å². The second kappa shape index (κ2) is 6.43. The lowest BCUT2D eigenvalue weighted by Crippen LogP contribution is -2.39. The summed E-state index contributed by atoms with van der Waals surface area (Å²) in [5.74, 6) is 0.0193. The van der Waals surface area contributed by atoms with Crippen LogP contribution < -0.4 is 10.2 Å². The molecule has 0 saturated carbocycles. The third-order valence-electron chi connectivity index (χ3n) is 4.72. The van der Waals surface area contributed by atoms with Crippen molar-refractivity contribution in [2.45, 2.75) is 6.42 Å². The maximum absolute atomic E-state index is 12.7. The minimum absolute atomic E-state index is 0.0477. The molecule has 1 atom stereocenters. The molecular weight excluding hydrogens is 312 g/mol. The van der Waals surface area contributed by atoms with Gasteiger partial charge in [-0.15, -0.1) is 0 Å². The fourth-order valence-corrected chi connectivity index (χ4v) is 3.39. The second-order valence-electron chi connectivity index (χ2n) is 6.46. The van der Waals surface area contributed by atoms with Crippen molar-refractivity contribution in [3.63, 3.8) is 0 Å². The molecule has 5 heteroatoms. The van der Waals surface area contributed by atoms with Crippen molar-refractivity contribution in [2.24, 2.45) is 5.92 Å². The Hall–Kier alpha value is -3.08. The van der Waals surface area contributed by atoms with E-state index in [2.05, 4.69) is 32.5 Å². The number of carbonyl (C=O) groups is 1. The van der Waals surface area contributed by atoms with Gasteiger partial charge in [0.15, 0.2) is 0 Å². The Morgan fingerprint density at radius 1 is 1.16 bits per heavy atom. The molecule has 4 rings (SSSR count). The number of H-pyrrole nitrogens is 1. The fourth-order valence-electron chi connectivity index (χ4n) is 3.39. The Bertz CT molecular complexity index is 871. The summed E-state index contributed by atoms with van der Waals surface area (Å²) in [4.78, 5) is 14.8. The van der Waals surface area contributed by atoms with Crippen LogP contribution in [0.15, 0.2) is 60.9 Å². The highest BCUT2D eigenvalue weighted by Crippen LogP contribution is 2.29. The Morgan fingerprint density at radius 3 is 2.72 bits per heavy atom. The van der Waals surface area contributed by atoms with E-state index in [0.29, 0.717) is 0 Å². The molecule has 0 aliphatic carbocycles. The third-order valence-corrected chi connectivity index (χ3v) is 4.72. The average Bonchev–Trinajstić information content (AvgIpc) is 3.17. The number of hydrogen-bond acceptors (Lipinski definition) is 3. The van der Waals surface area contributed by atoms with Gasteiger partial charge in [-0.3, -0.25) is 9.89 Å². The number of nitrogens with zero attached hydrogens (tertiary/aromatic N) is 2. The molecule has 2 aromatic carbocycles. The lowest BCUT2D eigenvalue weighted by atomic mass is 9.92. The smallest absolute Gasteiger partial charge is 0.229 e. The van der Waals surface area contributed by atoms with E-state index in [-0.39, 0.29) is 11.8 Å². The molecule has 25 heavy (non-hydrogen) atoms. The van der Waals surface area contributed by atoms with Crippen molar-refractivity contribution in [3.05, 3.63) is 66.5 Å². The van der Waals surface area contributed by atoms with Crippen molar-refractivity contribution in [3.8, 4) is 11.1 Å². The molecule has 0 spiro atoms. The van der Waals surface area contributed by atoms with E-state index in [0.717, 1.165) is 29.8 Å². The molecule has 2 N–H and O–H groups in total. The molecule has 126 valence electrons. The summed E-state index contributed by atoms with van der Waals surface area (Å²) in [7, 11) is 2.04. The van der Waals surface area contributed by atoms with Crippen molar-refractivity contribution in [2.75, 3.05) is 23.8 Å². The van der Waals surface area contributed by atoms with Gasteiger partial charge in [-0.05, 0) is 35.7 Å². The molecule has 2 heterocycles. The van der Waals surface area contributed by atoms with Crippen LogP contribution in [0.4, 0.5) is 11.4 Å². The zero-order valence-corrected chi connectivity index (χ0v) is 14.1. The maximum atomic E-state index is 12.7. The summed E-state index contributed by atoms with van der Waals surface area (Å²) in [6, 6.07) is 16.1. The number of aromatic nitrogens is 2. The molecule has 0 bridgehead atoms. The highest BCUT2D eigenvalue weighted by molar-refractivity contribution is 5.94. The Kier molecular flexibility index (Phi) is 3.98. The van der Waals surface area contributed by atoms with Crippen LogP contribution in [0, 0.1) is 5.92 Å². The number of anilines is 2. The lowest BCUT2D eigenvalue weighted by molar-refractivity contribution is -0.119. The van der Waals surface area contributed by atoms with Gasteiger partial charge in [0.1, 0.15) is 0 Å². The van der Waals surface area contributed by atoms with Crippen LogP contribution >= 0.6 is 0 Å². The fraction of sp³-hybridized carbons (Fsp3) is 0.200. The van der Waals surface area contributed by atoms with E-state index in [4.69, 9.17) is 0 Å². The van der Waals surface area contributed by atoms with Crippen molar-refractivity contribution >= 4 is 17.3 Å². The summed E-state index contributed by atoms with van der Waals surface area (Å²) >= 11 is 0. The molecule has 1 unspecified atom stereocenters. The largest absolute Gasteiger partial charge is 0.374 e. The van der Waals surface area contributed by atoms with E-state index in [1.807, 2.05) is 49.6 Å². The van der Waals surface area contributed by atoms with Crippen LogP contribution in [-0.2, 0) is 11.2 Å².